The Labute approximate surface area is 178 Å². The Hall–Kier alpha value is -2.74. The number of carbonyl (C=O) groups is 1. The lowest BCUT2D eigenvalue weighted by molar-refractivity contribution is -0.127. The Morgan fingerprint density at radius 1 is 1.17 bits per heavy atom. The molecule has 1 N–H and O–H groups in total. The molecule has 162 valence electrons. The molecule has 2 aromatic rings. The highest BCUT2D eigenvalue weighted by Gasteiger charge is 2.37. The SMILES string of the molecule is CCCN1C(=O)C(C)(C)COc2cc(NS(=O)(=O)Cc3ccc(OC)cc3)ccc21. The molecule has 1 amide bonds. The summed E-state index contributed by atoms with van der Waals surface area (Å²) in [6, 6.07) is 11.9. The summed E-state index contributed by atoms with van der Waals surface area (Å²) in [6.07, 6.45) is 0.803. The van der Waals surface area contributed by atoms with E-state index >= 15 is 0 Å². The molecule has 0 saturated carbocycles. The van der Waals surface area contributed by atoms with Crippen LogP contribution in [-0.2, 0) is 20.6 Å². The quantitative estimate of drug-likeness (QED) is 0.719. The van der Waals surface area contributed by atoms with E-state index in [0.717, 1.165) is 6.42 Å². The molecule has 0 spiro atoms. The summed E-state index contributed by atoms with van der Waals surface area (Å²) in [7, 11) is -2.07. The first-order valence-corrected chi connectivity index (χ1v) is 11.5. The molecular weight excluding hydrogens is 404 g/mol. The van der Waals surface area contributed by atoms with Crippen molar-refractivity contribution in [3.05, 3.63) is 48.0 Å². The highest BCUT2D eigenvalue weighted by molar-refractivity contribution is 7.91. The van der Waals surface area contributed by atoms with Crippen molar-refractivity contribution in [1.82, 2.24) is 0 Å². The standard InChI is InChI=1S/C22H28N2O5S/c1-5-12-24-19-11-8-17(13-20(19)29-15-22(2,3)21(24)25)23-30(26,27)14-16-6-9-18(28-4)10-7-16/h6-11,13,23H,5,12,14-15H2,1-4H3. The van der Waals surface area contributed by atoms with Gasteiger partial charge in [-0.25, -0.2) is 8.42 Å². The summed E-state index contributed by atoms with van der Waals surface area (Å²) in [4.78, 5) is 14.6. The molecule has 30 heavy (non-hydrogen) atoms. The third kappa shape index (κ3) is 4.87. The maximum Gasteiger partial charge on any atom is 0.236 e. The van der Waals surface area contributed by atoms with Crippen molar-refractivity contribution in [1.29, 1.82) is 0 Å². The summed E-state index contributed by atoms with van der Waals surface area (Å²) in [5.74, 6) is 0.992. The van der Waals surface area contributed by atoms with Crippen LogP contribution in [0.25, 0.3) is 0 Å². The van der Waals surface area contributed by atoms with Crippen LogP contribution >= 0.6 is 0 Å². The summed E-state index contributed by atoms with van der Waals surface area (Å²) in [5.41, 5.74) is 1.04. The second-order valence-electron chi connectivity index (χ2n) is 8.02. The van der Waals surface area contributed by atoms with E-state index in [-0.39, 0.29) is 18.3 Å². The molecule has 0 radical (unpaired) electrons. The summed E-state index contributed by atoms with van der Waals surface area (Å²) in [6.45, 7) is 6.50. The minimum atomic E-state index is -3.63. The zero-order chi connectivity index (χ0) is 21.9. The Morgan fingerprint density at radius 3 is 2.50 bits per heavy atom. The molecule has 1 heterocycles. The van der Waals surface area contributed by atoms with Crippen molar-refractivity contribution >= 4 is 27.3 Å². The van der Waals surface area contributed by atoms with Crippen LogP contribution in [0.3, 0.4) is 0 Å². The molecule has 7 nitrogen and oxygen atoms in total. The molecule has 2 aromatic carbocycles. The zero-order valence-corrected chi connectivity index (χ0v) is 18.6. The van der Waals surface area contributed by atoms with Gasteiger partial charge in [0, 0.05) is 12.6 Å². The second-order valence-corrected chi connectivity index (χ2v) is 9.74. The van der Waals surface area contributed by atoms with Gasteiger partial charge in [0.25, 0.3) is 0 Å². The van der Waals surface area contributed by atoms with Gasteiger partial charge in [-0.2, -0.15) is 0 Å². The predicted octanol–water partition coefficient (Wildman–Crippen LogP) is 3.80. The van der Waals surface area contributed by atoms with E-state index in [1.807, 2.05) is 20.8 Å². The Balaban J connectivity index is 1.83. The minimum absolute atomic E-state index is 0.00376. The van der Waals surface area contributed by atoms with Crippen LogP contribution in [0.15, 0.2) is 42.5 Å². The lowest BCUT2D eigenvalue weighted by Crippen LogP contribution is -2.42. The predicted molar refractivity (Wildman–Crippen MR) is 118 cm³/mol. The number of hydrogen-bond acceptors (Lipinski definition) is 5. The monoisotopic (exact) mass is 432 g/mol. The molecule has 0 aromatic heterocycles. The van der Waals surface area contributed by atoms with Crippen LogP contribution < -0.4 is 19.1 Å². The van der Waals surface area contributed by atoms with Crippen LogP contribution in [0.2, 0.25) is 0 Å². The minimum Gasteiger partial charge on any atom is -0.497 e. The number of nitrogens with zero attached hydrogens (tertiary/aromatic N) is 1. The van der Waals surface area contributed by atoms with E-state index < -0.39 is 15.4 Å². The van der Waals surface area contributed by atoms with Gasteiger partial charge >= 0.3 is 0 Å². The molecule has 3 rings (SSSR count). The average molecular weight is 433 g/mol. The van der Waals surface area contributed by atoms with Gasteiger partial charge in [-0.3, -0.25) is 9.52 Å². The summed E-state index contributed by atoms with van der Waals surface area (Å²) < 4.78 is 38.9. The highest BCUT2D eigenvalue weighted by Crippen LogP contribution is 2.38. The van der Waals surface area contributed by atoms with Gasteiger partial charge in [-0.1, -0.05) is 19.1 Å². The van der Waals surface area contributed by atoms with Gasteiger partial charge in [-0.15, -0.1) is 0 Å². The maximum absolute atomic E-state index is 12.9. The van der Waals surface area contributed by atoms with Gasteiger partial charge in [-0.05, 0) is 50.1 Å². The Morgan fingerprint density at radius 2 is 1.87 bits per heavy atom. The number of rotatable bonds is 7. The first-order chi connectivity index (χ1) is 14.1. The molecule has 0 fully saturated rings. The molecule has 0 atom stereocenters. The van der Waals surface area contributed by atoms with Crippen molar-refractivity contribution < 1.29 is 22.7 Å². The van der Waals surface area contributed by atoms with Crippen LogP contribution in [0, 0.1) is 5.41 Å². The number of fused-ring (bicyclic) bond motifs is 1. The Kier molecular flexibility index (Phi) is 6.26. The van der Waals surface area contributed by atoms with E-state index in [2.05, 4.69) is 4.72 Å². The van der Waals surface area contributed by atoms with Crippen molar-refractivity contribution in [3.8, 4) is 11.5 Å². The molecule has 0 saturated heterocycles. The zero-order valence-electron chi connectivity index (χ0n) is 17.8. The number of nitrogens with one attached hydrogen (secondary N) is 1. The van der Waals surface area contributed by atoms with Crippen LogP contribution in [0.1, 0.15) is 32.8 Å². The first-order valence-electron chi connectivity index (χ1n) is 9.87. The van der Waals surface area contributed by atoms with E-state index in [4.69, 9.17) is 9.47 Å². The number of benzene rings is 2. The van der Waals surface area contributed by atoms with E-state index in [1.54, 1.807) is 54.5 Å². The fourth-order valence-electron chi connectivity index (χ4n) is 3.31. The second kappa shape index (κ2) is 8.55. The number of anilines is 2. The molecule has 1 aliphatic rings. The molecular formula is C22H28N2O5S. The largest absolute Gasteiger partial charge is 0.497 e. The molecule has 8 heteroatoms. The van der Waals surface area contributed by atoms with E-state index in [1.165, 1.54) is 0 Å². The van der Waals surface area contributed by atoms with Gasteiger partial charge in [0.15, 0.2) is 0 Å². The average Bonchev–Trinajstić information content (AvgIpc) is 2.78. The van der Waals surface area contributed by atoms with Gasteiger partial charge < -0.3 is 14.4 Å². The summed E-state index contributed by atoms with van der Waals surface area (Å²) >= 11 is 0. The van der Waals surface area contributed by atoms with Crippen molar-refractivity contribution in [3.63, 3.8) is 0 Å². The van der Waals surface area contributed by atoms with Crippen LogP contribution in [-0.4, -0.2) is 34.6 Å². The molecule has 0 aliphatic carbocycles. The van der Waals surface area contributed by atoms with Crippen molar-refractivity contribution in [2.45, 2.75) is 32.9 Å². The third-order valence-corrected chi connectivity index (χ3v) is 6.16. The summed E-state index contributed by atoms with van der Waals surface area (Å²) in [5, 5.41) is 0. The van der Waals surface area contributed by atoms with Crippen LogP contribution in [0.5, 0.6) is 11.5 Å². The molecule has 1 aliphatic heterocycles. The molecule has 0 bridgehead atoms. The molecule has 0 unspecified atom stereocenters. The number of amides is 1. The normalized spacial score (nSPS) is 15.7. The fourth-order valence-corrected chi connectivity index (χ4v) is 4.50. The highest BCUT2D eigenvalue weighted by atomic mass is 32.2. The third-order valence-electron chi connectivity index (χ3n) is 4.90. The number of carbonyl (C=O) groups excluding carboxylic acids is 1. The van der Waals surface area contributed by atoms with Crippen molar-refractivity contribution in [2.24, 2.45) is 5.41 Å². The van der Waals surface area contributed by atoms with Gasteiger partial charge in [0.2, 0.25) is 15.9 Å². The number of sulfonamides is 1. The maximum atomic E-state index is 12.9. The van der Waals surface area contributed by atoms with Gasteiger partial charge in [0.05, 0.1) is 29.7 Å². The van der Waals surface area contributed by atoms with Crippen molar-refractivity contribution in [2.75, 3.05) is 29.9 Å². The smallest absolute Gasteiger partial charge is 0.236 e. The number of methoxy groups -OCH3 is 1. The van der Waals surface area contributed by atoms with E-state index in [0.29, 0.717) is 35.0 Å². The number of ether oxygens (including phenoxy) is 2. The first kappa shape index (κ1) is 22.0. The van der Waals surface area contributed by atoms with Crippen LogP contribution in [0.4, 0.5) is 11.4 Å². The fraction of sp³-hybridized carbons (Fsp3) is 0.409. The lowest BCUT2D eigenvalue weighted by atomic mass is 9.93. The van der Waals surface area contributed by atoms with E-state index in [9.17, 15) is 13.2 Å². The van der Waals surface area contributed by atoms with Gasteiger partial charge in [0.1, 0.15) is 18.1 Å². The Bertz CT molecular complexity index is 1020. The topological polar surface area (TPSA) is 84.9 Å². The lowest BCUT2D eigenvalue weighted by Gasteiger charge is -2.27. The number of hydrogen-bond donors (Lipinski definition) is 1.